The van der Waals surface area contributed by atoms with Crippen molar-refractivity contribution in [2.45, 2.75) is 32.6 Å². The maximum atomic E-state index is 12.8. The zero-order valence-electron chi connectivity index (χ0n) is 16.8. The second kappa shape index (κ2) is 9.90. The molecular weight excluding hydrogens is 390 g/mol. The number of aryl methyl sites for hydroxylation is 1. The highest BCUT2D eigenvalue weighted by Gasteiger charge is 2.26. The third-order valence-electron chi connectivity index (χ3n) is 5.18. The first-order chi connectivity index (χ1) is 14.0. The monoisotopic (exact) mass is 415 g/mol. The van der Waals surface area contributed by atoms with E-state index in [4.69, 9.17) is 21.1 Å². The van der Waals surface area contributed by atoms with E-state index in [1.54, 1.807) is 25.3 Å². The van der Waals surface area contributed by atoms with Gasteiger partial charge in [-0.3, -0.25) is 9.59 Å². The molecule has 0 atom stereocenters. The molecule has 6 heteroatoms. The second-order valence-corrected chi connectivity index (χ2v) is 7.76. The summed E-state index contributed by atoms with van der Waals surface area (Å²) in [5.74, 6) is 0.496. The third-order valence-corrected chi connectivity index (χ3v) is 5.59. The number of halogens is 1. The molecule has 29 heavy (non-hydrogen) atoms. The van der Waals surface area contributed by atoms with Gasteiger partial charge in [0, 0.05) is 30.0 Å². The van der Waals surface area contributed by atoms with Gasteiger partial charge in [-0.05, 0) is 55.2 Å². The van der Waals surface area contributed by atoms with Crippen LogP contribution in [0.15, 0.2) is 36.4 Å². The average Bonchev–Trinajstić information content (AvgIpc) is 2.64. The fourth-order valence-electron chi connectivity index (χ4n) is 3.10. The van der Waals surface area contributed by atoms with E-state index in [-0.39, 0.29) is 24.0 Å². The normalized spacial score (nSPS) is 13.6. The molecule has 0 unspecified atom stereocenters. The maximum absolute atomic E-state index is 12.8. The second-order valence-electron chi connectivity index (χ2n) is 7.35. The van der Waals surface area contributed by atoms with Crippen LogP contribution in [0.3, 0.4) is 0 Å². The molecule has 3 rings (SSSR count). The van der Waals surface area contributed by atoms with Crippen LogP contribution in [0, 0.1) is 12.8 Å². The zero-order valence-corrected chi connectivity index (χ0v) is 17.6. The SMILES string of the molecule is COCCOc1ccc(C(=O)Cc2ccc(C)c(Cl)c2)cc1NC(=O)C1CCC1. The molecule has 154 valence electrons. The number of hydrogen-bond donors (Lipinski definition) is 1. The van der Waals surface area contributed by atoms with Crippen molar-refractivity contribution in [3.8, 4) is 5.75 Å². The van der Waals surface area contributed by atoms with Gasteiger partial charge in [0.15, 0.2) is 5.78 Å². The lowest BCUT2D eigenvalue weighted by molar-refractivity contribution is -0.122. The lowest BCUT2D eigenvalue weighted by Crippen LogP contribution is -2.28. The van der Waals surface area contributed by atoms with Crippen LogP contribution >= 0.6 is 11.6 Å². The first kappa shape index (κ1) is 21.3. The van der Waals surface area contributed by atoms with Crippen LogP contribution in [0.1, 0.15) is 40.7 Å². The van der Waals surface area contributed by atoms with Crippen LogP contribution in [-0.2, 0) is 16.0 Å². The Kier molecular flexibility index (Phi) is 7.29. The molecule has 5 nitrogen and oxygen atoms in total. The highest BCUT2D eigenvalue weighted by molar-refractivity contribution is 6.31. The third kappa shape index (κ3) is 5.58. The average molecular weight is 416 g/mol. The molecule has 1 amide bonds. The lowest BCUT2D eigenvalue weighted by Gasteiger charge is -2.24. The molecule has 0 bridgehead atoms. The summed E-state index contributed by atoms with van der Waals surface area (Å²) >= 11 is 6.17. The van der Waals surface area contributed by atoms with Gasteiger partial charge in [0.1, 0.15) is 12.4 Å². The molecule has 1 fully saturated rings. The van der Waals surface area contributed by atoms with Gasteiger partial charge in [-0.1, -0.05) is 30.2 Å². The van der Waals surface area contributed by atoms with E-state index in [0.29, 0.717) is 35.2 Å². The maximum Gasteiger partial charge on any atom is 0.227 e. The highest BCUT2D eigenvalue weighted by atomic mass is 35.5. The van der Waals surface area contributed by atoms with Gasteiger partial charge in [-0.25, -0.2) is 0 Å². The largest absolute Gasteiger partial charge is 0.489 e. The van der Waals surface area contributed by atoms with Crippen LogP contribution in [-0.4, -0.2) is 32.0 Å². The minimum absolute atomic E-state index is 0.0252. The van der Waals surface area contributed by atoms with Crippen molar-refractivity contribution in [1.29, 1.82) is 0 Å². The summed E-state index contributed by atoms with van der Waals surface area (Å²) in [7, 11) is 1.60. The van der Waals surface area contributed by atoms with Gasteiger partial charge in [0.2, 0.25) is 5.91 Å². The highest BCUT2D eigenvalue weighted by Crippen LogP contribution is 2.31. The number of ether oxygens (including phenoxy) is 2. The topological polar surface area (TPSA) is 64.6 Å². The molecule has 0 aromatic heterocycles. The number of Topliss-reactive ketones (excluding diaryl/α,β-unsaturated/α-hetero) is 1. The number of hydrogen-bond acceptors (Lipinski definition) is 4. The molecule has 0 spiro atoms. The fraction of sp³-hybridized carbons (Fsp3) is 0.391. The van der Waals surface area contributed by atoms with E-state index in [0.717, 1.165) is 30.4 Å². The molecule has 0 radical (unpaired) electrons. The van der Waals surface area contributed by atoms with Crippen LogP contribution in [0.25, 0.3) is 0 Å². The number of carbonyl (C=O) groups excluding carboxylic acids is 2. The predicted molar refractivity (Wildman–Crippen MR) is 114 cm³/mol. The van der Waals surface area contributed by atoms with Crippen molar-refractivity contribution < 1.29 is 19.1 Å². The summed E-state index contributed by atoms with van der Waals surface area (Å²) in [6.07, 6.45) is 3.11. The summed E-state index contributed by atoms with van der Waals surface area (Å²) < 4.78 is 10.7. The van der Waals surface area contributed by atoms with Crippen molar-refractivity contribution in [2.75, 3.05) is 25.6 Å². The van der Waals surface area contributed by atoms with E-state index in [1.807, 2.05) is 25.1 Å². The Morgan fingerprint density at radius 3 is 2.59 bits per heavy atom. The molecular formula is C23H26ClNO4. The van der Waals surface area contributed by atoms with Crippen LogP contribution in [0.2, 0.25) is 5.02 Å². The predicted octanol–water partition coefficient (Wildman–Crippen LogP) is 4.84. The Morgan fingerprint density at radius 1 is 1.14 bits per heavy atom. The fourth-order valence-corrected chi connectivity index (χ4v) is 3.30. The summed E-state index contributed by atoms with van der Waals surface area (Å²) in [6, 6.07) is 10.8. The number of nitrogens with one attached hydrogen (secondary N) is 1. The molecule has 2 aromatic carbocycles. The number of rotatable bonds is 9. The van der Waals surface area contributed by atoms with Crippen LogP contribution in [0.4, 0.5) is 5.69 Å². The Morgan fingerprint density at radius 2 is 1.93 bits per heavy atom. The summed E-state index contributed by atoms with van der Waals surface area (Å²) in [6.45, 7) is 2.72. The molecule has 1 aliphatic rings. The minimum Gasteiger partial charge on any atom is -0.489 e. The van der Waals surface area contributed by atoms with Gasteiger partial charge in [0.25, 0.3) is 0 Å². The van der Waals surface area contributed by atoms with Gasteiger partial charge in [-0.15, -0.1) is 0 Å². The molecule has 0 saturated heterocycles. The number of amides is 1. The first-order valence-electron chi connectivity index (χ1n) is 9.83. The Balaban J connectivity index is 1.78. The van der Waals surface area contributed by atoms with E-state index in [1.165, 1.54) is 0 Å². The molecule has 1 N–H and O–H groups in total. The van der Waals surface area contributed by atoms with E-state index in [2.05, 4.69) is 5.32 Å². The quantitative estimate of drug-likeness (QED) is 0.470. The lowest BCUT2D eigenvalue weighted by atomic mass is 9.85. The van der Waals surface area contributed by atoms with Crippen molar-refractivity contribution in [2.24, 2.45) is 5.92 Å². The van der Waals surface area contributed by atoms with Crippen molar-refractivity contribution in [1.82, 2.24) is 0 Å². The number of carbonyl (C=O) groups is 2. The summed E-state index contributed by atoms with van der Waals surface area (Å²) in [5, 5.41) is 3.58. The molecule has 0 aliphatic heterocycles. The van der Waals surface area contributed by atoms with Crippen molar-refractivity contribution in [3.05, 3.63) is 58.1 Å². The first-order valence-corrected chi connectivity index (χ1v) is 10.2. The number of benzene rings is 2. The van der Waals surface area contributed by atoms with Crippen LogP contribution < -0.4 is 10.1 Å². The van der Waals surface area contributed by atoms with Crippen molar-refractivity contribution in [3.63, 3.8) is 0 Å². The molecule has 1 aliphatic carbocycles. The van der Waals surface area contributed by atoms with E-state index in [9.17, 15) is 9.59 Å². The molecule has 0 heterocycles. The molecule has 1 saturated carbocycles. The Bertz CT molecular complexity index is 892. The number of ketones is 1. The van der Waals surface area contributed by atoms with E-state index >= 15 is 0 Å². The zero-order chi connectivity index (χ0) is 20.8. The van der Waals surface area contributed by atoms with Gasteiger partial charge < -0.3 is 14.8 Å². The Labute approximate surface area is 176 Å². The number of methoxy groups -OCH3 is 1. The molecule has 2 aromatic rings. The van der Waals surface area contributed by atoms with Gasteiger partial charge >= 0.3 is 0 Å². The van der Waals surface area contributed by atoms with Crippen LogP contribution in [0.5, 0.6) is 5.75 Å². The van der Waals surface area contributed by atoms with Gasteiger partial charge in [-0.2, -0.15) is 0 Å². The standard InChI is InChI=1S/C23H26ClNO4/c1-15-6-7-16(12-19(15)24)13-21(26)18-8-9-22(29-11-10-28-2)20(14-18)25-23(27)17-4-3-5-17/h6-9,12,14,17H,3-5,10-11,13H2,1-2H3,(H,25,27). The number of anilines is 1. The smallest absolute Gasteiger partial charge is 0.227 e. The Hall–Kier alpha value is -2.37. The van der Waals surface area contributed by atoms with E-state index < -0.39 is 0 Å². The van der Waals surface area contributed by atoms with Gasteiger partial charge in [0.05, 0.1) is 12.3 Å². The minimum atomic E-state index is -0.0486. The summed E-state index contributed by atoms with van der Waals surface area (Å²) in [5.41, 5.74) is 2.86. The van der Waals surface area contributed by atoms with Crippen molar-refractivity contribution >= 4 is 29.0 Å². The summed E-state index contributed by atoms with van der Waals surface area (Å²) in [4.78, 5) is 25.2.